The fraction of sp³-hybridized carbons (Fsp3) is 0.500. The van der Waals surface area contributed by atoms with Gasteiger partial charge in [0.15, 0.2) is 5.82 Å². The standard InChI is InChI=1S/C8H8F3N3O/c1-14-5-4-13-6(14)7(15,2-3-12)8(9,10)11/h4-5,15H,2H2,1H3/t7-/m0/s1. The van der Waals surface area contributed by atoms with Crippen molar-refractivity contribution >= 4 is 0 Å². The summed E-state index contributed by atoms with van der Waals surface area (Å²) >= 11 is 0. The van der Waals surface area contributed by atoms with Gasteiger partial charge in [0.1, 0.15) is 0 Å². The molecule has 0 aliphatic rings. The van der Waals surface area contributed by atoms with Crippen LogP contribution in [0.3, 0.4) is 0 Å². The molecule has 0 saturated carbocycles. The zero-order valence-electron chi connectivity index (χ0n) is 7.78. The second-order valence-corrected chi connectivity index (χ2v) is 3.05. The van der Waals surface area contributed by atoms with Crippen LogP contribution in [0, 0.1) is 11.3 Å². The maximum absolute atomic E-state index is 12.6. The second-order valence-electron chi connectivity index (χ2n) is 3.05. The van der Waals surface area contributed by atoms with Crippen molar-refractivity contribution in [3.05, 3.63) is 18.2 Å². The zero-order chi connectivity index (χ0) is 11.7. The number of nitrogens with zero attached hydrogens (tertiary/aromatic N) is 3. The van der Waals surface area contributed by atoms with Crippen LogP contribution in [-0.2, 0) is 12.6 Å². The van der Waals surface area contributed by atoms with Gasteiger partial charge >= 0.3 is 6.18 Å². The van der Waals surface area contributed by atoms with Crippen LogP contribution in [0.1, 0.15) is 12.2 Å². The molecule has 0 radical (unpaired) electrons. The lowest BCUT2D eigenvalue weighted by Crippen LogP contribution is -2.44. The van der Waals surface area contributed by atoms with E-state index in [0.29, 0.717) is 0 Å². The maximum Gasteiger partial charge on any atom is 0.425 e. The minimum atomic E-state index is -4.93. The fourth-order valence-electron chi connectivity index (χ4n) is 1.18. The number of alkyl halides is 3. The molecule has 15 heavy (non-hydrogen) atoms. The first-order valence-electron chi connectivity index (χ1n) is 3.97. The van der Waals surface area contributed by atoms with Crippen LogP contribution in [0.4, 0.5) is 13.2 Å². The van der Waals surface area contributed by atoms with Gasteiger partial charge in [0.25, 0.3) is 0 Å². The van der Waals surface area contributed by atoms with Gasteiger partial charge in [0.2, 0.25) is 5.60 Å². The van der Waals surface area contributed by atoms with E-state index >= 15 is 0 Å². The molecule has 0 aliphatic heterocycles. The van der Waals surface area contributed by atoms with Crippen molar-refractivity contribution in [1.29, 1.82) is 5.26 Å². The monoisotopic (exact) mass is 219 g/mol. The third kappa shape index (κ3) is 1.80. The summed E-state index contributed by atoms with van der Waals surface area (Å²) < 4.78 is 38.8. The Morgan fingerprint density at radius 1 is 1.60 bits per heavy atom. The molecule has 0 aliphatic carbocycles. The Bertz CT molecular complexity index is 393. The average molecular weight is 219 g/mol. The number of aliphatic hydroxyl groups is 1. The summed E-state index contributed by atoms with van der Waals surface area (Å²) in [6.45, 7) is 0. The van der Waals surface area contributed by atoms with Gasteiger partial charge < -0.3 is 9.67 Å². The van der Waals surface area contributed by atoms with E-state index in [1.165, 1.54) is 19.3 Å². The highest BCUT2D eigenvalue weighted by Gasteiger charge is 2.57. The number of aryl methyl sites for hydroxylation is 1. The Morgan fingerprint density at radius 3 is 2.53 bits per heavy atom. The molecule has 82 valence electrons. The number of hydrogen-bond donors (Lipinski definition) is 1. The molecule has 0 aromatic carbocycles. The van der Waals surface area contributed by atoms with E-state index in [-0.39, 0.29) is 0 Å². The predicted molar refractivity (Wildman–Crippen MR) is 43.4 cm³/mol. The van der Waals surface area contributed by atoms with Gasteiger partial charge in [-0.05, 0) is 0 Å². The van der Waals surface area contributed by atoms with Gasteiger partial charge in [-0.3, -0.25) is 0 Å². The molecule has 1 heterocycles. The Kier molecular flexibility index (Phi) is 2.73. The highest BCUT2D eigenvalue weighted by Crippen LogP contribution is 2.40. The van der Waals surface area contributed by atoms with Crippen molar-refractivity contribution in [3.8, 4) is 6.07 Å². The molecule has 1 aromatic heterocycles. The lowest BCUT2D eigenvalue weighted by molar-refractivity contribution is -0.268. The van der Waals surface area contributed by atoms with E-state index in [9.17, 15) is 18.3 Å². The second kappa shape index (κ2) is 3.55. The summed E-state index contributed by atoms with van der Waals surface area (Å²) in [5.74, 6) is -0.587. The van der Waals surface area contributed by atoms with E-state index in [1.807, 2.05) is 0 Å². The Balaban J connectivity index is 3.26. The summed E-state index contributed by atoms with van der Waals surface area (Å²) in [7, 11) is 1.32. The number of nitriles is 1. The van der Waals surface area contributed by atoms with Crippen LogP contribution in [0.5, 0.6) is 0 Å². The summed E-state index contributed by atoms with van der Waals surface area (Å²) in [4.78, 5) is 3.41. The number of halogens is 3. The number of imidazole rings is 1. The third-order valence-electron chi connectivity index (χ3n) is 1.99. The summed E-state index contributed by atoms with van der Waals surface area (Å²) in [6, 6.07) is 1.31. The van der Waals surface area contributed by atoms with Gasteiger partial charge in [0, 0.05) is 19.4 Å². The fourth-order valence-corrected chi connectivity index (χ4v) is 1.18. The van der Waals surface area contributed by atoms with Crippen molar-refractivity contribution < 1.29 is 18.3 Å². The van der Waals surface area contributed by atoms with E-state index in [0.717, 1.165) is 10.8 Å². The number of rotatable bonds is 2. The summed E-state index contributed by atoms with van der Waals surface area (Å²) in [5, 5.41) is 17.8. The zero-order valence-corrected chi connectivity index (χ0v) is 7.78. The molecule has 0 fully saturated rings. The molecule has 0 saturated heterocycles. The molecule has 0 unspecified atom stereocenters. The summed E-state index contributed by atoms with van der Waals surface area (Å²) in [6.07, 6.45) is -3.62. The maximum atomic E-state index is 12.6. The molecule has 1 aromatic rings. The SMILES string of the molecule is Cn1ccnc1[C@@](O)(CC#N)C(F)(F)F. The van der Waals surface area contributed by atoms with Crippen LogP contribution in [0.25, 0.3) is 0 Å². The molecule has 1 N–H and O–H groups in total. The molecule has 0 spiro atoms. The van der Waals surface area contributed by atoms with Gasteiger partial charge in [-0.1, -0.05) is 0 Å². The predicted octanol–water partition coefficient (Wildman–Crippen LogP) is 1.08. The molecule has 1 rings (SSSR count). The molecule has 0 bridgehead atoms. The third-order valence-corrected chi connectivity index (χ3v) is 1.99. The smallest absolute Gasteiger partial charge is 0.373 e. The Morgan fingerprint density at radius 2 is 2.20 bits per heavy atom. The van der Waals surface area contributed by atoms with Crippen LogP contribution in [0.15, 0.2) is 12.4 Å². The van der Waals surface area contributed by atoms with E-state index in [4.69, 9.17) is 5.26 Å². The topological polar surface area (TPSA) is 61.8 Å². The minimum Gasteiger partial charge on any atom is -0.373 e. The van der Waals surface area contributed by atoms with Gasteiger partial charge in [-0.15, -0.1) is 0 Å². The van der Waals surface area contributed by atoms with Gasteiger partial charge in [-0.2, -0.15) is 18.4 Å². The van der Waals surface area contributed by atoms with Crippen molar-refractivity contribution in [2.75, 3.05) is 0 Å². The van der Waals surface area contributed by atoms with Crippen molar-refractivity contribution in [2.24, 2.45) is 7.05 Å². The Hall–Kier alpha value is -1.55. The van der Waals surface area contributed by atoms with Crippen LogP contribution in [0.2, 0.25) is 0 Å². The molecule has 7 heteroatoms. The minimum absolute atomic E-state index is 0.587. The molecule has 4 nitrogen and oxygen atoms in total. The quantitative estimate of drug-likeness (QED) is 0.809. The normalized spacial score (nSPS) is 15.7. The molecular weight excluding hydrogens is 211 g/mol. The summed E-state index contributed by atoms with van der Waals surface area (Å²) in [5.41, 5.74) is -3.21. The van der Waals surface area contributed by atoms with Crippen molar-refractivity contribution in [2.45, 2.75) is 18.2 Å². The lowest BCUT2D eigenvalue weighted by atomic mass is 9.99. The highest BCUT2D eigenvalue weighted by molar-refractivity contribution is 5.11. The number of aromatic nitrogens is 2. The van der Waals surface area contributed by atoms with Gasteiger partial charge in [-0.25, -0.2) is 4.98 Å². The van der Waals surface area contributed by atoms with Crippen molar-refractivity contribution in [3.63, 3.8) is 0 Å². The molecule has 1 atom stereocenters. The van der Waals surface area contributed by atoms with Gasteiger partial charge in [0.05, 0.1) is 12.5 Å². The van der Waals surface area contributed by atoms with Crippen LogP contribution >= 0.6 is 0 Å². The first-order chi connectivity index (χ1) is 6.83. The van der Waals surface area contributed by atoms with E-state index in [1.54, 1.807) is 0 Å². The molecule has 0 amide bonds. The largest absolute Gasteiger partial charge is 0.425 e. The molecular formula is C8H8F3N3O. The first kappa shape index (κ1) is 11.5. The van der Waals surface area contributed by atoms with Crippen LogP contribution in [-0.4, -0.2) is 20.8 Å². The van der Waals surface area contributed by atoms with Crippen LogP contribution < -0.4 is 0 Å². The number of hydrogen-bond acceptors (Lipinski definition) is 3. The highest BCUT2D eigenvalue weighted by atomic mass is 19.4. The van der Waals surface area contributed by atoms with E-state index < -0.39 is 24.0 Å². The average Bonchev–Trinajstić information content (AvgIpc) is 2.50. The lowest BCUT2D eigenvalue weighted by Gasteiger charge is -2.27. The first-order valence-corrected chi connectivity index (χ1v) is 3.97. The van der Waals surface area contributed by atoms with E-state index in [2.05, 4.69) is 4.98 Å². The Labute approximate surface area is 83.6 Å². The van der Waals surface area contributed by atoms with Crippen molar-refractivity contribution in [1.82, 2.24) is 9.55 Å².